The molecule has 8 rings (SSSR count). The third-order valence-corrected chi connectivity index (χ3v) is 27.1. The predicted octanol–water partition coefficient (Wildman–Crippen LogP) is -20.8. The van der Waals surface area contributed by atoms with Crippen LogP contribution in [0.5, 0.6) is 0 Å². The van der Waals surface area contributed by atoms with Crippen LogP contribution in [0.25, 0.3) is 0 Å². The van der Waals surface area contributed by atoms with E-state index in [9.17, 15) is 188 Å². The van der Waals surface area contributed by atoms with E-state index >= 15 is 0 Å². The van der Waals surface area contributed by atoms with Crippen molar-refractivity contribution < 1.29 is 274 Å². The number of hydrogen-bond donors (Lipinski definition) is 38. The van der Waals surface area contributed by atoms with Gasteiger partial charge in [-0.1, -0.05) is 43.4 Å². The monoisotopic (exact) mass is 2110 g/mol. The van der Waals surface area contributed by atoms with Gasteiger partial charge < -0.3 is 281 Å². The molecule has 0 saturated carbocycles. The highest BCUT2D eigenvalue weighted by Gasteiger charge is 2.63. The van der Waals surface area contributed by atoms with Gasteiger partial charge in [-0.2, -0.15) is 0 Å². The van der Waals surface area contributed by atoms with Crippen LogP contribution in [0.3, 0.4) is 0 Å². The maximum absolute atomic E-state index is 12.8. The fraction of sp³-hybridized carbons (Fsp3) is 0.974. The van der Waals surface area contributed by atoms with E-state index in [1.54, 1.807) is 13.8 Å². The van der Waals surface area contributed by atoms with E-state index in [1.165, 1.54) is 29.5 Å². The second-order valence-corrected chi connectivity index (χ2v) is 36.9. The van der Waals surface area contributed by atoms with Gasteiger partial charge in [-0.05, 0) is 26.7 Å². The first kappa shape index (κ1) is 119. The van der Waals surface area contributed by atoms with Crippen molar-refractivity contribution in [3.63, 3.8) is 0 Å². The van der Waals surface area contributed by atoms with Gasteiger partial charge in [-0.25, -0.2) is 9.59 Å². The number of carboxylic acid groups (broad SMARTS) is 2. The molecule has 25 unspecified atom stereocenters. The fourth-order valence-corrected chi connectivity index (χ4v) is 17.5. The Morgan fingerprint density at radius 3 is 1.38 bits per heavy atom. The summed E-state index contributed by atoms with van der Waals surface area (Å²) in [5, 5.41) is 387. The van der Waals surface area contributed by atoms with Crippen molar-refractivity contribution in [1.82, 2.24) is 0 Å². The summed E-state index contributed by atoms with van der Waals surface area (Å²) in [6.45, 7) is -3.66. The summed E-state index contributed by atoms with van der Waals surface area (Å²) in [6.07, 6.45) is -101. The van der Waals surface area contributed by atoms with E-state index in [4.69, 9.17) is 102 Å². The van der Waals surface area contributed by atoms with Gasteiger partial charge in [-0.3, -0.25) is 0 Å². The van der Waals surface area contributed by atoms with E-state index in [2.05, 4.69) is 0 Å². The molecule has 798 valence electrons. The van der Waals surface area contributed by atoms with Gasteiger partial charge in [0.15, 0.2) is 56.6 Å². The molecule has 0 radical (unpaired) electrons. The minimum Gasteiger partial charge on any atom is -0.477 e. The topological polar surface area (TPSA) is 986 Å². The Labute approximate surface area is 788 Å². The highest BCUT2D eigenvalue weighted by Crippen LogP contribution is 2.43. The number of carbonyl (C=O) groups is 2. The lowest BCUT2D eigenvalue weighted by atomic mass is 9.87. The first-order valence-corrected chi connectivity index (χ1v) is 45.1. The van der Waals surface area contributed by atoms with Gasteiger partial charge >= 0.3 is 11.9 Å². The minimum atomic E-state index is -3.15. The zero-order chi connectivity index (χ0) is 102. The van der Waals surface area contributed by atoms with Crippen molar-refractivity contribution in [3.8, 4) is 0 Å². The van der Waals surface area contributed by atoms with Crippen molar-refractivity contribution in [2.45, 2.75) is 376 Å². The van der Waals surface area contributed by atoms with Crippen LogP contribution >= 0.6 is 22.6 Å². The van der Waals surface area contributed by atoms with E-state index in [0.29, 0.717) is 0 Å². The number of halogens is 1. The summed E-state index contributed by atoms with van der Waals surface area (Å²) in [5.74, 6) is -15.5. The minimum absolute atomic E-state index is 0.596. The van der Waals surface area contributed by atoms with Crippen molar-refractivity contribution in [1.29, 1.82) is 0 Å². The average molecular weight is 2110 g/mol. The molecule has 8 aliphatic rings. The second-order valence-electron chi connectivity index (χ2n) is 35.3. The molecule has 59 heteroatoms. The third kappa shape index (κ3) is 27.1. The summed E-state index contributed by atoms with van der Waals surface area (Å²) in [7, 11) is 0. The molecular weight excluding hydrogens is 1970 g/mol. The summed E-state index contributed by atoms with van der Waals surface area (Å²) in [5.41, 5.74) is 18.4. The zero-order valence-corrected chi connectivity index (χ0v) is 76.2. The Morgan fingerprint density at radius 1 is 0.404 bits per heavy atom. The number of aliphatic hydroxyl groups excluding tert-OH is 33. The quantitative estimate of drug-likeness (QED) is 0.0153. The van der Waals surface area contributed by atoms with Crippen LogP contribution in [0.1, 0.15) is 60.3 Å². The van der Waals surface area contributed by atoms with Gasteiger partial charge in [-0.15, -0.1) is 0 Å². The maximum atomic E-state index is 12.8. The van der Waals surface area contributed by atoms with Gasteiger partial charge in [0.25, 0.3) is 11.6 Å². The largest absolute Gasteiger partial charge is 0.477 e. The molecule has 0 spiro atoms. The molecule has 0 aliphatic carbocycles. The van der Waals surface area contributed by atoms with Crippen molar-refractivity contribution in [2.75, 3.05) is 66.1 Å². The van der Waals surface area contributed by atoms with Crippen molar-refractivity contribution in [2.24, 2.45) is 40.9 Å². The lowest BCUT2D eigenvalue weighted by molar-refractivity contribution is -0.382. The maximum Gasteiger partial charge on any atom is 0.364 e. The smallest absolute Gasteiger partial charge is 0.364 e. The summed E-state index contributed by atoms with van der Waals surface area (Å²) >= 11 is 1.43. The van der Waals surface area contributed by atoms with Crippen LogP contribution in [0, 0.1) is 23.7 Å². The number of aliphatic hydroxyl groups is 33. The molecule has 58 nitrogen and oxygen atoms in total. The lowest BCUT2D eigenvalue weighted by Gasteiger charge is -2.49. The number of rotatable bonds is 49. The molecule has 0 aromatic rings. The molecule has 41 N–H and O–H groups in total. The van der Waals surface area contributed by atoms with Gasteiger partial charge in [0.1, 0.15) is 159 Å². The number of carboxylic acids is 2. The molecule has 8 heterocycles. The van der Waals surface area contributed by atoms with Crippen LogP contribution in [0.4, 0.5) is 0 Å². The molecule has 56 atom stereocenters. The fourth-order valence-electron chi connectivity index (χ4n) is 17.0. The average Bonchev–Trinajstić information content (AvgIpc) is 0.412. The number of alkyl halides is 1. The summed E-state index contributed by atoms with van der Waals surface area (Å²) in [6, 6.07) is -5.34. The molecule has 8 saturated heterocycles. The molecule has 0 aromatic carbocycles. The number of aliphatic carboxylic acids is 2. The molecule has 136 heavy (non-hydrogen) atoms. The van der Waals surface area contributed by atoms with Crippen LogP contribution in [-0.2, 0) is 94.9 Å². The summed E-state index contributed by atoms with van der Waals surface area (Å²) in [4.78, 5) is 25.6. The molecule has 8 aliphatic heterocycles. The van der Waals surface area contributed by atoms with Crippen molar-refractivity contribution in [3.05, 3.63) is 0 Å². The molecule has 0 bridgehead atoms. The Hall–Kier alpha value is -2.49. The van der Waals surface area contributed by atoms with Crippen LogP contribution < -0.4 is 17.2 Å². The Bertz CT molecular complexity index is 3530. The Kier molecular flexibility index (Phi) is 45.6. The van der Waals surface area contributed by atoms with E-state index in [-0.39, 0.29) is 0 Å². The normalized spacial score (nSPS) is 43.5. The van der Waals surface area contributed by atoms with Gasteiger partial charge in [0.05, 0.1) is 155 Å². The first-order chi connectivity index (χ1) is 63.8. The van der Waals surface area contributed by atoms with Crippen LogP contribution in [0.15, 0.2) is 0 Å². The third-order valence-electron chi connectivity index (χ3n) is 25.9. The number of nitrogens with two attached hydrogens (primary N) is 3. The van der Waals surface area contributed by atoms with E-state index in [0.717, 1.165) is 13.8 Å². The SMILES string of the molecule is CC1O[C@@H](O[C@@H]2C(CO)O[C@@H](OC([C@H](O)O[C@H](C(O)[C@@H](O)O[C@@H]3C(CO)O[C@@H](O[C@@H]4C(CO)O[C@@H](C)C(C)[C@H]4O)C(C)[C@H]3O)[C@H](O)CCO[C@@H](O)C(O[C@@H]3OC(CO)[C@@H](O[C@@H]4OC(CO[C@]5(C(=O)O)CC(O)[C@@H](N)C(C(O)C(O)CO)O5)[C@H](O)[C@H](O)C4O)[C@H](O)C3C)[C@@H](O)[C@H](O)CCO)[C@@H](O)[C@H](O)C(I)CO)C(N)[C@H]2O)C(O)[C@@H](O)[C@H]1C(O)O[C@]1(C(=O)O)CC(O)[C@@H](N)C(C(O)C(O)CO)O1. The first-order valence-electron chi connectivity index (χ1n) is 43.8. The molecule has 0 aromatic heterocycles. The van der Waals surface area contributed by atoms with E-state index in [1.807, 2.05) is 0 Å². The van der Waals surface area contributed by atoms with Gasteiger partial charge in [0.2, 0.25) is 0 Å². The zero-order valence-electron chi connectivity index (χ0n) is 74.0. The highest BCUT2D eigenvalue weighted by atomic mass is 127. The Balaban J connectivity index is 1.03. The predicted molar refractivity (Wildman–Crippen MR) is 439 cm³/mol. The van der Waals surface area contributed by atoms with Crippen LogP contribution in [-0.4, -0.2) is 573 Å². The van der Waals surface area contributed by atoms with Gasteiger partial charge in [0, 0.05) is 37.2 Å². The van der Waals surface area contributed by atoms with E-state index < -0.39 is 443 Å². The molecular formula is C77H138IN3O55. The van der Waals surface area contributed by atoms with Crippen molar-refractivity contribution >= 4 is 34.5 Å². The second kappa shape index (κ2) is 52.2. The highest BCUT2D eigenvalue weighted by molar-refractivity contribution is 14.1. The Morgan fingerprint density at radius 2 is 0.853 bits per heavy atom. The molecule has 8 fully saturated rings. The standard InChI is InChI=1S/C77H138IN3O55/c1-20-23(4)121-32(15-86)58(41(20)96)129-69-21(2)42(97)57(33(16-87)123-69)128-66(112)55(110)56(127-68(114)64(52(107)44(99)25(78)12-83)133-71-40(81)50(105)60(35(18-89)125-71)131-72-53(108)49(104)37(24(5)122-72)65(111)136-77(75(117)118)11-29(93)39(80)62(135-77)47(102)31(95)14-85)27(91)7-9-119-67(113)63(45(100)26(90)6-8-82)132-70-22(3)43(98)59(34(17-88)124-70)130-73-54(109)51(106)48(103)36(126-73)19-120-76(74(115)116)10-28(92)38(79)61(134-76)46(101)30(94)13-84/h20-73,82-114H,6-19,79-81H2,1-5H3,(H,115,116)(H,117,118)/t20?,21?,22?,23-,24?,25?,26+,27+,28?,29?,30?,31?,32?,33?,34?,35?,36?,37-,38+,39+,40?,41+,42+,43+,44+,45-,46?,47?,48-,49-,50+,51-,52-,53?,54?,55?,56-,57+,58+,59+,60+,61?,62?,63?,64?,65?,66-,67+,68+,69-,70-,71-,72-,73-,76+,77-/m0/s1. The summed E-state index contributed by atoms with van der Waals surface area (Å²) < 4.78 is 102. The number of hydrogen-bond acceptors (Lipinski definition) is 56. The van der Waals surface area contributed by atoms with Crippen LogP contribution in [0.2, 0.25) is 0 Å². The number of ether oxygens (including phenoxy) is 18. The lowest BCUT2D eigenvalue weighted by Crippen LogP contribution is -2.68. The molecule has 0 amide bonds.